The third-order valence-corrected chi connectivity index (χ3v) is 14.6. The van der Waals surface area contributed by atoms with Gasteiger partial charge in [-0.1, -0.05) is 165 Å². The lowest BCUT2D eigenvalue weighted by molar-refractivity contribution is 0.00381. The van der Waals surface area contributed by atoms with Gasteiger partial charge in [0.2, 0.25) is 0 Å². The molecule has 0 heterocycles. The standard InChI is InChI=1S/C45H62N2O6S2/c1-5-7-9-11-13-15-17-19-25-31-52-43-35(3)33-41(37-27-21-23-29-39(37)43)54(48,49)45(47-46)55(50,51)42-34-36(4)44(40-30-24-22-28-38(40)42)53-32-26-20-18-16-14-12-10-8-6-2/h21-24,27-30,33-34H,5-20,25-26,31-32H2,1-4H3. The number of benzene rings is 4. The zero-order valence-electron chi connectivity index (χ0n) is 33.6. The van der Waals surface area contributed by atoms with Crippen molar-refractivity contribution in [3.05, 3.63) is 77.3 Å². The molecular weight excluding hydrogens is 729 g/mol. The maximum Gasteiger partial charge on any atom is 0.504 e. The predicted molar refractivity (Wildman–Crippen MR) is 226 cm³/mol. The Labute approximate surface area is 330 Å². The minimum atomic E-state index is -4.87. The van der Waals surface area contributed by atoms with Crippen molar-refractivity contribution in [2.75, 3.05) is 13.2 Å². The van der Waals surface area contributed by atoms with Crippen LogP contribution in [0.1, 0.15) is 141 Å². The van der Waals surface area contributed by atoms with Crippen molar-refractivity contribution >= 4 is 45.6 Å². The number of hydrogen-bond acceptors (Lipinski definition) is 6. The summed E-state index contributed by atoms with van der Waals surface area (Å²) < 4.78 is 68.6. The summed E-state index contributed by atoms with van der Waals surface area (Å²) in [6, 6.07) is 16.6. The van der Waals surface area contributed by atoms with E-state index >= 15 is 0 Å². The van der Waals surface area contributed by atoms with Gasteiger partial charge in [-0.15, -0.1) is 4.79 Å². The van der Waals surface area contributed by atoms with Crippen LogP contribution in [0.3, 0.4) is 0 Å². The monoisotopic (exact) mass is 790 g/mol. The smallest absolute Gasteiger partial charge is 0.493 e. The highest BCUT2D eigenvalue weighted by molar-refractivity contribution is 8.31. The van der Waals surface area contributed by atoms with Gasteiger partial charge < -0.3 is 15.0 Å². The van der Waals surface area contributed by atoms with Crippen molar-refractivity contribution in [3.8, 4) is 11.5 Å². The molecular formula is C45H62N2O6S2. The van der Waals surface area contributed by atoms with E-state index in [1.54, 1.807) is 62.4 Å². The lowest BCUT2D eigenvalue weighted by Gasteiger charge is -2.16. The summed E-state index contributed by atoms with van der Waals surface area (Å²) in [5, 5.41) is 1.66. The van der Waals surface area contributed by atoms with Gasteiger partial charge in [0.25, 0.3) is 19.7 Å². The second-order valence-corrected chi connectivity index (χ2v) is 18.8. The minimum Gasteiger partial charge on any atom is -0.493 e. The van der Waals surface area contributed by atoms with Crippen molar-refractivity contribution in [2.24, 2.45) is 0 Å². The molecule has 0 aromatic heterocycles. The molecule has 4 aromatic carbocycles. The summed E-state index contributed by atoms with van der Waals surface area (Å²) >= 11 is 0. The Kier molecular flexibility index (Phi) is 17.7. The van der Waals surface area contributed by atoms with E-state index in [0.717, 1.165) is 38.5 Å². The maximum absolute atomic E-state index is 14.4. The molecule has 0 bridgehead atoms. The summed E-state index contributed by atoms with van der Waals surface area (Å²) in [5.74, 6) is 1.11. The van der Waals surface area contributed by atoms with E-state index in [0.29, 0.717) is 46.6 Å². The van der Waals surface area contributed by atoms with E-state index in [-0.39, 0.29) is 20.6 Å². The second kappa shape index (κ2) is 22.1. The zero-order valence-corrected chi connectivity index (χ0v) is 35.2. The van der Waals surface area contributed by atoms with Gasteiger partial charge in [-0.2, -0.15) is 0 Å². The summed E-state index contributed by atoms with van der Waals surface area (Å²) in [4.78, 5) is 2.45. The molecule has 0 atom stereocenters. The Morgan fingerprint density at radius 3 is 1.15 bits per heavy atom. The number of nitrogens with zero attached hydrogens (tertiary/aromatic N) is 2. The van der Waals surface area contributed by atoms with Crippen LogP contribution < -0.4 is 9.47 Å². The molecule has 0 N–H and O–H groups in total. The number of hydrogen-bond donors (Lipinski definition) is 0. The second-order valence-electron chi connectivity index (χ2n) is 14.9. The predicted octanol–water partition coefficient (Wildman–Crippen LogP) is 12.3. The van der Waals surface area contributed by atoms with E-state index in [2.05, 4.69) is 18.6 Å². The molecule has 0 aliphatic carbocycles. The Morgan fingerprint density at radius 2 is 0.818 bits per heavy atom. The average molecular weight is 791 g/mol. The summed E-state index contributed by atoms with van der Waals surface area (Å²) in [7, 11) is -9.73. The average Bonchev–Trinajstić information content (AvgIpc) is 3.17. The normalized spacial score (nSPS) is 11.9. The maximum atomic E-state index is 14.4. The molecule has 0 spiro atoms. The Hall–Kier alpha value is -3.72. The van der Waals surface area contributed by atoms with Gasteiger partial charge in [0.15, 0.2) is 0 Å². The molecule has 10 heteroatoms. The van der Waals surface area contributed by atoms with E-state index in [1.165, 1.54) is 89.2 Å². The molecule has 0 amide bonds. The summed E-state index contributed by atoms with van der Waals surface area (Å²) in [6.45, 7) is 8.89. The van der Waals surface area contributed by atoms with Crippen LogP contribution in [0.5, 0.6) is 11.5 Å². The van der Waals surface area contributed by atoms with Gasteiger partial charge in [0, 0.05) is 21.5 Å². The number of sulfone groups is 2. The van der Waals surface area contributed by atoms with Crippen molar-refractivity contribution < 1.29 is 31.1 Å². The van der Waals surface area contributed by atoms with Crippen LogP contribution in [-0.4, -0.2) is 39.2 Å². The van der Waals surface area contributed by atoms with Crippen molar-refractivity contribution in [3.63, 3.8) is 0 Å². The molecule has 0 radical (unpaired) electrons. The molecule has 0 saturated carbocycles. The minimum absolute atomic E-state index is 0.269. The molecule has 55 heavy (non-hydrogen) atoms. The Morgan fingerprint density at radius 1 is 0.509 bits per heavy atom. The molecule has 4 aromatic rings. The van der Waals surface area contributed by atoms with E-state index < -0.39 is 24.1 Å². The summed E-state index contributed by atoms with van der Waals surface area (Å²) in [6.07, 6.45) is 21.3. The van der Waals surface area contributed by atoms with Gasteiger partial charge in [0.1, 0.15) is 11.5 Å². The number of fused-ring (bicyclic) bond motifs is 2. The number of aryl methyl sites for hydroxylation is 2. The lowest BCUT2D eigenvalue weighted by Crippen LogP contribution is -2.27. The highest BCUT2D eigenvalue weighted by atomic mass is 32.3. The van der Waals surface area contributed by atoms with E-state index in [9.17, 15) is 22.4 Å². The molecule has 0 fully saturated rings. The van der Waals surface area contributed by atoms with Crippen LogP contribution in [0.15, 0.2) is 70.5 Å². The lowest BCUT2D eigenvalue weighted by atomic mass is 10.1. The van der Waals surface area contributed by atoms with Crippen molar-refractivity contribution in [1.82, 2.24) is 0 Å². The number of rotatable bonds is 24. The largest absolute Gasteiger partial charge is 0.504 e. The number of ether oxygens (including phenoxy) is 2. The van der Waals surface area contributed by atoms with Crippen LogP contribution >= 0.6 is 0 Å². The van der Waals surface area contributed by atoms with Crippen molar-refractivity contribution in [2.45, 2.75) is 153 Å². The molecule has 0 saturated heterocycles. The first-order valence-electron chi connectivity index (χ1n) is 20.6. The molecule has 0 aliphatic rings. The van der Waals surface area contributed by atoms with Crippen molar-refractivity contribution in [1.29, 1.82) is 0 Å². The Balaban J connectivity index is 1.53. The topological polar surface area (TPSA) is 123 Å². The highest BCUT2D eigenvalue weighted by Crippen LogP contribution is 2.39. The molecule has 300 valence electrons. The third kappa shape index (κ3) is 11.7. The quantitative estimate of drug-likeness (QED) is 0.0229. The van der Waals surface area contributed by atoms with Crippen LogP contribution in [0.4, 0.5) is 0 Å². The molecule has 0 aliphatic heterocycles. The first kappa shape index (κ1) is 44.0. The fraction of sp³-hybridized carbons (Fsp3) is 0.533. The van der Waals surface area contributed by atoms with Gasteiger partial charge >= 0.3 is 4.38 Å². The first-order valence-corrected chi connectivity index (χ1v) is 23.6. The SMILES string of the molecule is CCCCCCCCCCCOc1c(C)cc(S(=O)(=O)C(=[N+]=[N-])S(=O)(=O)c2cc(C)c(OCCCCCCCCCCC)c3ccccc23)c2ccccc12. The summed E-state index contributed by atoms with van der Waals surface area (Å²) in [5.41, 5.74) is 11.3. The molecule has 0 unspecified atom stereocenters. The first-order chi connectivity index (χ1) is 26.6. The fourth-order valence-corrected chi connectivity index (χ4v) is 11.2. The highest BCUT2D eigenvalue weighted by Gasteiger charge is 2.46. The molecule has 8 nitrogen and oxygen atoms in total. The van der Waals surface area contributed by atoms with Crippen LogP contribution in [0, 0.1) is 13.8 Å². The van der Waals surface area contributed by atoms with Crippen LogP contribution in [0.25, 0.3) is 27.1 Å². The zero-order chi connectivity index (χ0) is 39.7. The number of unbranched alkanes of at least 4 members (excludes halogenated alkanes) is 16. The van der Waals surface area contributed by atoms with Crippen LogP contribution in [-0.2, 0) is 19.7 Å². The van der Waals surface area contributed by atoms with Gasteiger partial charge in [-0.3, -0.25) is 0 Å². The van der Waals surface area contributed by atoms with Gasteiger partial charge in [0.05, 0.1) is 23.0 Å². The third-order valence-electron chi connectivity index (χ3n) is 10.4. The van der Waals surface area contributed by atoms with E-state index in [4.69, 9.17) is 9.47 Å². The van der Waals surface area contributed by atoms with E-state index in [1.807, 2.05) is 0 Å². The fourth-order valence-electron chi connectivity index (χ4n) is 7.34. The van der Waals surface area contributed by atoms with Gasteiger partial charge in [-0.05, 0) is 49.9 Å². The van der Waals surface area contributed by atoms with Gasteiger partial charge in [-0.25, -0.2) is 16.8 Å². The van der Waals surface area contributed by atoms with Crippen LogP contribution in [0.2, 0.25) is 0 Å². The molecule has 4 rings (SSSR count). The Bertz CT molecular complexity index is 1980.